The van der Waals surface area contributed by atoms with Crippen molar-refractivity contribution in [1.29, 1.82) is 0 Å². The van der Waals surface area contributed by atoms with Crippen LogP contribution < -0.4 is 14.8 Å². The molecule has 2 rings (SSSR count). The van der Waals surface area contributed by atoms with E-state index < -0.39 is 0 Å². The molecule has 0 bridgehead atoms. The fraction of sp³-hybridized carbons (Fsp3) is 0.286. The number of benzene rings is 2. The first-order chi connectivity index (χ1) is 13.9. The minimum absolute atomic E-state index is 0.123. The number of unbranched alkanes of at least 4 members (excludes halogenated alkanes) is 1. The van der Waals surface area contributed by atoms with Crippen molar-refractivity contribution in [2.75, 3.05) is 19.8 Å². The van der Waals surface area contributed by atoms with E-state index in [4.69, 9.17) is 55.9 Å². The molecule has 8 heteroatoms. The van der Waals surface area contributed by atoms with Crippen LogP contribution in [0, 0.1) is 6.92 Å². The average Bonchev–Trinajstić information content (AvgIpc) is 2.66. The lowest BCUT2D eigenvalue weighted by Gasteiger charge is -2.13. The van der Waals surface area contributed by atoms with Crippen LogP contribution in [0.2, 0.25) is 10.0 Å². The van der Waals surface area contributed by atoms with Crippen molar-refractivity contribution >= 4 is 52.3 Å². The molecule has 1 N–H and O–H groups in total. The van der Waals surface area contributed by atoms with Crippen LogP contribution in [0.5, 0.6) is 11.5 Å². The Morgan fingerprint density at radius 2 is 1.79 bits per heavy atom. The third kappa shape index (κ3) is 8.35. The molecule has 1 amide bonds. The molecular formula is C21H21Cl4NO3. The molecule has 0 saturated heterocycles. The summed E-state index contributed by atoms with van der Waals surface area (Å²) in [6.07, 6.45) is 3.10. The smallest absolute Gasteiger partial charge is 0.251 e. The van der Waals surface area contributed by atoms with Crippen molar-refractivity contribution in [1.82, 2.24) is 5.32 Å². The molecule has 0 aromatic heterocycles. The molecular weight excluding hydrogens is 456 g/mol. The van der Waals surface area contributed by atoms with E-state index in [0.717, 1.165) is 18.4 Å². The van der Waals surface area contributed by atoms with Crippen LogP contribution >= 0.6 is 46.4 Å². The molecule has 0 atom stereocenters. The summed E-state index contributed by atoms with van der Waals surface area (Å²) >= 11 is 23.2. The highest BCUT2D eigenvalue weighted by Gasteiger charge is 2.09. The topological polar surface area (TPSA) is 47.6 Å². The molecule has 0 radical (unpaired) electrons. The summed E-state index contributed by atoms with van der Waals surface area (Å²) in [5, 5.41) is 3.94. The van der Waals surface area contributed by atoms with Crippen LogP contribution in [0.1, 0.15) is 28.8 Å². The quantitative estimate of drug-likeness (QED) is 0.393. The van der Waals surface area contributed by atoms with Crippen LogP contribution in [0.4, 0.5) is 0 Å². The molecule has 0 saturated carbocycles. The molecule has 0 aliphatic rings. The summed E-state index contributed by atoms with van der Waals surface area (Å²) in [5.41, 5.74) is 1.45. The van der Waals surface area contributed by atoms with Crippen LogP contribution in [0.15, 0.2) is 47.0 Å². The molecule has 4 nitrogen and oxygen atoms in total. The Kier molecular flexibility index (Phi) is 9.95. The number of rotatable bonds is 10. The molecule has 2 aromatic rings. The van der Waals surface area contributed by atoms with Gasteiger partial charge in [-0.15, -0.1) is 0 Å². The second-order valence-electron chi connectivity index (χ2n) is 6.17. The third-order valence-electron chi connectivity index (χ3n) is 3.90. The van der Waals surface area contributed by atoms with E-state index in [1.807, 2.05) is 13.0 Å². The molecule has 2 aromatic carbocycles. The zero-order valence-corrected chi connectivity index (χ0v) is 18.8. The van der Waals surface area contributed by atoms with Gasteiger partial charge in [0.25, 0.3) is 5.91 Å². The lowest BCUT2D eigenvalue weighted by Crippen LogP contribution is -2.24. The number of carbonyl (C=O) groups excluding carboxylic acids is 1. The van der Waals surface area contributed by atoms with E-state index >= 15 is 0 Å². The zero-order chi connectivity index (χ0) is 21.2. The molecule has 29 heavy (non-hydrogen) atoms. The van der Waals surface area contributed by atoms with Crippen molar-refractivity contribution in [2.24, 2.45) is 0 Å². The first kappa shape index (κ1) is 23.7. The van der Waals surface area contributed by atoms with Gasteiger partial charge in [-0.2, -0.15) is 0 Å². The van der Waals surface area contributed by atoms with Gasteiger partial charge in [-0.1, -0.05) is 46.4 Å². The minimum atomic E-state index is -0.123. The third-order valence-corrected chi connectivity index (χ3v) is 4.74. The molecule has 0 spiro atoms. The van der Waals surface area contributed by atoms with Crippen LogP contribution in [0.3, 0.4) is 0 Å². The minimum Gasteiger partial charge on any atom is -0.492 e. The predicted octanol–water partition coefficient (Wildman–Crippen LogP) is 6.59. The second-order valence-corrected chi connectivity index (χ2v) is 8.03. The lowest BCUT2D eigenvalue weighted by molar-refractivity contribution is 0.0952. The molecule has 0 aliphatic heterocycles. The first-order valence-electron chi connectivity index (χ1n) is 8.97. The Morgan fingerprint density at radius 3 is 2.45 bits per heavy atom. The van der Waals surface area contributed by atoms with E-state index in [1.54, 1.807) is 36.4 Å². The van der Waals surface area contributed by atoms with Crippen molar-refractivity contribution in [2.45, 2.75) is 19.8 Å². The van der Waals surface area contributed by atoms with Gasteiger partial charge in [0, 0.05) is 23.2 Å². The van der Waals surface area contributed by atoms with Crippen molar-refractivity contribution in [3.05, 3.63) is 68.1 Å². The van der Waals surface area contributed by atoms with Gasteiger partial charge in [-0.3, -0.25) is 4.79 Å². The van der Waals surface area contributed by atoms with Crippen molar-refractivity contribution < 1.29 is 14.3 Å². The monoisotopic (exact) mass is 475 g/mol. The summed E-state index contributed by atoms with van der Waals surface area (Å²) in [7, 11) is 0. The summed E-state index contributed by atoms with van der Waals surface area (Å²) in [6.45, 7) is 3.19. The van der Waals surface area contributed by atoms with Gasteiger partial charge < -0.3 is 14.8 Å². The number of ether oxygens (including phenoxy) is 2. The fourth-order valence-electron chi connectivity index (χ4n) is 2.47. The standard InChI is InChI=1S/C21H21Cl4NO3/c1-14-12-17(28-11-8-19(24)25)13-18(23)20(14)29-10-3-2-9-26-21(27)15-4-6-16(22)7-5-15/h4-8,12-13H,2-3,9-11H2,1H3,(H,26,27). The Labute approximate surface area is 190 Å². The normalized spacial score (nSPS) is 10.4. The van der Waals surface area contributed by atoms with E-state index in [-0.39, 0.29) is 17.0 Å². The highest BCUT2D eigenvalue weighted by molar-refractivity contribution is 6.55. The first-order valence-corrected chi connectivity index (χ1v) is 10.5. The number of halogens is 4. The largest absolute Gasteiger partial charge is 0.492 e. The maximum atomic E-state index is 12.0. The van der Waals surface area contributed by atoms with Gasteiger partial charge in [0.2, 0.25) is 0 Å². The van der Waals surface area contributed by atoms with E-state index in [2.05, 4.69) is 5.32 Å². The average molecular weight is 477 g/mol. The lowest BCUT2D eigenvalue weighted by atomic mass is 10.2. The number of carbonyl (C=O) groups is 1. The number of hydrogen-bond donors (Lipinski definition) is 1. The summed E-state index contributed by atoms with van der Waals surface area (Å²) < 4.78 is 11.5. The molecule has 0 fully saturated rings. The van der Waals surface area contributed by atoms with Crippen LogP contribution in [-0.2, 0) is 0 Å². The van der Waals surface area contributed by atoms with Crippen molar-refractivity contribution in [3.63, 3.8) is 0 Å². The SMILES string of the molecule is Cc1cc(OCC=C(Cl)Cl)cc(Cl)c1OCCCCNC(=O)c1ccc(Cl)cc1. The van der Waals surface area contributed by atoms with Gasteiger partial charge in [0.1, 0.15) is 22.6 Å². The zero-order valence-electron chi connectivity index (χ0n) is 15.8. The predicted molar refractivity (Wildman–Crippen MR) is 120 cm³/mol. The number of nitrogens with one attached hydrogen (secondary N) is 1. The Morgan fingerprint density at radius 1 is 1.07 bits per heavy atom. The maximum Gasteiger partial charge on any atom is 0.251 e. The highest BCUT2D eigenvalue weighted by atomic mass is 35.5. The summed E-state index contributed by atoms with van der Waals surface area (Å²) in [5.74, 6) is 1.10. The van der Waals surface area contributed by atoms with Gasteiger partial charge in [0.05, 0.1) is 11.6 Å². The van der Waals surface area contributed by atoms with Gasteiger partial charge in [-0.05, 0) is 61.7 Å². The van der Waals surface area contributed by atoms with Gasteiger partial charge in [-0.25, -0.2) is 0 Å². The Bertz CT molecular complexity index is 826. The number of hydrogen-bond acceptors (Lipinski definition) is 3. The second kappa shape index (κ2) is 12.2. The summed E-state index contributed by atoms with van der Waals surface area (Å²) in [4.78, 5) is 12.0. The van der Waals surface area contributed by atoms with Gasteiger partial charge >= 0.3 is 0 Å². The summed E-state index contributed by atoms with van der Waals surface area (Å²) in [6, 6.07) is 10.3. The Hall–Kier alpha value is -1.59. The van der Waals surface area contributed by atoms with E-state index in [0.29, 0.717) is 40.3 Å². The van der Waals surface area contributed by atoms with E-state index in [9.17, 15) is 4.79 Å². The molecule has 0 aliphatic carbocycles. The van der Waals surface area contributed by atoms with Crippen LogP contribution in [0.25, 0.3) is 0 Å². The molecule has 0 heterocycles. The fourth-order valence-corrected chi connectivity index (χ4v) is 3.04. The maximum absolute atomic E-state index is 12.0. The molecule has 0 unspecified atom stereocenters. The Balaban J connectivity index is 1.72. The number of amides is 1. The van der Waals surface area contributed by atoms with Gasteiger partial charge in [0.15, 0.2) is 0 Å². The highest BCUT2D eigenvalue weighted by Crippen LogP contribution is 2.33. The number of aryl methyl sites for hydroxylation is 1. The van der Waals surface area contributed by atoms with Crippen molar-refractivity contribution in [3.8, 4) is 11.5 Å². The van der Waals surface area contributed by atoms with Crippen LogP contribution in [-0.4, -0.2) is 25.7 Å². The molecule has 156 valence electrons. The van der Waals surface area contributed by atoms with E-state index in [1.165, 1.54) is 0 Å².